The second-order valence-electron chi connectivity index (χ2n) is 4.19. The standard InChI is InChI=1S/C11H14O4/c1-6-3-4-7-8(10(12)14-2)5-15-11(13)9(6)7/h5-7,9H,3-4H2,1-2H3/t6-,7-,9-/m1/s1. The lowest BCUT2D eigenvalue weighted by Gasteiger charge is -2.25. The summed E-state index contributed by atoms with van der Waals surface area (Å²) in [5, 5.41) is 0. The number of hydrogen-bond donors (Lipinski definition) is 0. The Morgan fingerprint density at radius 3 is 2.93 bits per heavy atom. The molecule has 2 aliphatic rings. The van der Waals surface area contributed by atoms with Gasteiger partial charge in [-0.05, 0) is 18.8 Å². The van der Waals surface area contributed by atoms with E-state index in [4.69, 9.17) is 4.74 Å². The number of carbonyl (C=O) groups is 2. The summed E-state index contributed by atoms with van der Waals surface area (Å²) in [7, 11) is 1.34. The lowest BCUT2D eigenvalue weighted by atomic mass is 9.84. The third-order valence-electron chi connectivity index (χ3n) is 3.37. The zero-order chi connectivity index (χ0) is 11.0. The van der Waals surface area contributed by atoms with Crippen molar-refractivity contribution < 1.29 is 19.1 Å². The topological polar surface area (TPSA) is 52.6 Å². The minimum absolute atomic E-state index is 0.00583. The van der Waals surface area contributed by atoms with E-state index in [-0.39, 0.29) is 29.7 Å². The van der Waals surface area contributed by atoms with Gasteiger partial charge in [-0.3, -0.25) is 4.79 Å². The van der Waals surface area contributed by atoms with Gasteiger partial charge in [0.05, 0.1) is 18.6 Å². The molecule has 1 saturated carbocycles. The maximum absolute atomic E-state index is 11.5. The summed E-state index contributed by atoms with van der Waals surface area (Å²) in [6, 6.07) is 0. The molecule has 2 rings (SSSR count). The van der Waals surface area contributed by atoms with Gasteiger partial charge in [0, 0.05) is 5.92 Å². The van der Waals surface area contributed by atoms with E-state index in [1.165, 1.54) is 13.4 Å². The van der Waals surface area contributed by atoms with Crippen LogP contribution in [0.4, 0.5) is 0 Å². The van der Waals surface area contributed by atoms with Crippen LogP contribution in [0, 0.1) is 17.8 Å². The molecule has 0 bridgehead atoms. The predicted octanol–water partition coefficient (Wildman–Crippen LogP) is 1.26. The Bertz CT molecular complexity index is 331. The number of methoxy groups -OCH3 is 1. The first kappa shape index (κ1) is 10.2. The summed E-state index contributed by atoms with van der Waals surface area (Å²) in [5.74, 6) is -0.474. The molecule has 4 heteroatoms. The maximum atomic E-state index is 11.5. The van der Waals surface area contributed by atoms with Crippen LogP contribution in [0.3, 0.4) is 0 Å². The van der Waals surface area contributed by atoms with E-state index >= 15 is 0 Å². The summed E-state index contributed by atoms with van der Waals surface area (Å²) in [6.07, 6.45) is 3.08. The van der Waals surface area contributed by atoms with Gasteiger partial charge in [-0.15, -0.1) is 0 Å². The summed E-state index contributed by atoms with van der Waals surface area (Å²) < 4.78 is 9.57. The minimum Gasteiger partial charge on any atom is -0.466 e. The molecule has 82 valence electrons. The normalized spacial score (nSPS) is 34.1. The van der Waals surface area contributed by atoms with Crippen molar-refractivity contribution in [1.82, 2.24) is 0 Å². The third-order valence-corrected chi connectivity index (χ3v) is 3.37. The fraction of sp³-hybridized carbons (Fsp3) is 0.636. The summed E-state index contributed by atoms with van der Waals surface area (Å²) in [4.78, 5) is 23.0. The number of fused-ring (bicyclic) bond motifs is 1. The number of hydrogen-bond acceptors (Lipinski definition) is 4. The Balaban J connectivity index is 2.28. The van der Waals surface area contributed by atoms with Crippen molar-refractivity contribution in [2.24, 2.45) is 17.8 Å². The highest BCUT2D eigenvalue weighted by Gasteiger charge is 2.46. The molecule has 4 nitrogen and oxygen atoms in total. The Morgan fingerprint density at radius 1 is 1.53 bits per heavy atom. The highest BCUT2D eigenvalue weighted by molar-refractivity contribution is 5.92. The average molecular weight is 210 g/mol. The molecule has 0 aromatic carbocycles. The second kappa shape index (κ2) is 3.68. The Kier molecular flexibility index (Phi) is 2.50. The van der Waals surface area contributed by atoms with Gasteiger partial charge in [-0.1, -0.05) is 6.92 Å². The van der Waals surface area contributed by atoms with Crippen LogP contribution in [0.25, 0.3) is 0 Å². The highest BCUT2D eigenvalue weighted by Crippen LogP contribution is 2.44. The van der Waals surface area contributed by atoms with Crippen LogP contribution in [-0.2, 0) is 19.1 Å². The van der Waals surface area contributed by atoms with Crippen molar-refractivity contribution in [3.05, 3.63) is 11.8 Å². The highest BCUT2D eigenvalue weighted by atomic mass is 16.5. The Labute approximate surface area is 88.2 Å². The monoisotopic (exact) mass is 210 g/mol. The predicted molar refractivity (Wildman–Crippen MR) is 51.6 cm³/mol. The summed E-state index contributed by atoms with van der Waals surface area (Å²) >= 11 is 0. The zero-order valence-corrected chi connectivity index (χ0v) is 8.86. The molecule has 15 heavy (non-hydrogen) atoms. The number of cyclic esters (lactones) is 1. The molecule has 0 unspecified atom stereocenters. The van der Waals surface area contributed by atoms with Crippen LogP contribution in [0.5, 0.6) is 0 Å². The molecule has 0 aromatic rings. The van der Waals surface area contributed by atoms with Crippen molar-refractivity contribution in [1.29, 1.82) is 0 Å². The van der Waals surface area contributed by atoms with E-state index in [1.807, 2.05) is 6.92 Å². The van der Waals surface area contributed by atoms with E-state index in [2.05, 4.69) is 4.74 Å². The van der Waals surface area contributed by atoms with Crippen LogP contribution >= 0.6 is 0 Å². The van der Waals surface area contributed by atoms with Gasteiger partial charge in [-0.2, -0.15) is 0 Å². The van der Waals surface area contributed by atoms with Crippen LogP contribution in [0.1, 0.15) is 19.8 Å². The van der Waals surface area contributed by atoms with Gasteiger partial charge in [0.25, 0.3) is 0 Å². The summed E-state index contributed by atoms with van der Waals surface area (Å²) in [5.41, 5.74) is 0.506. The molecule has 0 N–H and O–H groups in total. The zero-order valence-electron chi connectivity index (χ0n) is 8.86. The molecule has 0 radical (unpaired) electrons. The minimum atomic E-state index is -0.383. The SMILES string of the molecule is COC(=O)C1=COC(=O)[C@@H]2[C@H](C)CC[C@H]12. The number of carbonyl (C=O) groups excluding carboxylic acids is 2. The largest absolute Gasteiger partial charge is 0.466 e. The van der Waals surface area contributed by atoms with Crippen LogP contribution in [0.2, 0.25) is 0 Å². The Morgan fingerprint density at radius 2 is 2.27 bits per heavy atom. The van der Waals surface area contributed by atoms with Crippen LogP contribution in [-0.4, -0.2) is 19.0 Å². The van der Waals surface area contributed by atoms with E-state index in [0.717, 1.165) is 12.8 Å². The van der Waals surface area contributed by atoms with Crippen LogP contribution in [0.15, 0.2) is 11.8 Å². The number of ether oxygens (including phenoxy) is 2. The van der Waals surface area contributed by atoms with Crippen molar-refractivity contribution in [2.75, 3.05) is 7.11 Å². The fourth-order valence-corrected chi connectivity index (χ4v) is 2.55. The Hall–Kier alpha value is -1.32. The van der Waals surface area contributed by atoms with Gasteiger partial charge < -0.3 is 9.47 Å². The van der Waals surface area contributed by atoms with Crippen LogP contribution < -0.4 is 0 Å². The molecular formula is C11H14O4. The first-order chi connectivity index (χ1) is 7.15. The van der Waals surface area contributed by atoms with E-state index in [1.54, 1.807) is 0 Å². The average Bonchev–Trinajstić information content (AvgIpc) is 2.61. The molecule has 1 aliphatic heterocycles. The smallest absolute Gasteiger partial charge is 0.337 e. The quantitative estimate of drug-likeness (QED) is 0.611. The molecule has 3 atom stereocenters. The number of rotatable bonds is 1. The molecule has 1 heterocycles. The lowest BCUT2D eigenvalue weighted by molar-refractivity contribution is -0.148. The van der Waals surface area contributed by atoms with Crippen molar-refractivity contribution in [3.8, 4) is 0 Å². The van der Waals surface area contributed by atoms with E-state index in [0.29, 0.717) is 5.57 Å². The van der Waals surface area contributed by atoms with Gasteiger partial charge in [0.2, 0.25) is 0 Å². The lowest BCUT2D eigenvalue weighted by Crippen LogP contribution is -2.32. The van der Waals surface area contributed by atoms with Crippen molar-refractivity contribution in [2.45, 2.75) is 19.8 Å². The molecule has 0 spiro atoms. The van der Waals surface area contributed by atoms with Crippen molar-refractivity contribution >= 4 is 11.9 Å². The molecule has 0 saturated heterocycles. The molecule has 0 amide bonds. The van der Waals surface area contributed by atoms with Gasteiger partial charge in [0.1, 0.15) is 6.26 Å². The molecule has 1 aliphatic carbocycles. The second-order valence-corrected chi connectivity index (χ2v) is 4.19. The maximum Gasteiger partial charge on any atom is 0.337 e. The fourth-order valence-electron chi connectivity index (χ4n) is 2.55. The first-order valence-electron chi connectivity index (χ1n) is 5.14. The van der Waals surface area contributed by atoms with E-state index < -0.39 is 0 Å². The molecular weight excluding hydrogens is 196 g/mol. The molecule has 0 aromatic heterocycles. The van der Waals surface area contributed by atoms with E-state index in [9.17, 15) is 9.59 Å². The number of esters is 2. The van der Waals surface area contributed by atoms with Gasteiger partial charge >= 0.3 is 11.9 Å². The van der Waals surface area contributed by atoms with Crippen molar-refractivity contribution in [3.63, 3.8) is 0 Å². The molecule has 1 fully saturated rings. The first-order valence-corrected chi connectivity index (χ1v) is 5.14. The van der Waals surface area contributed by atoms with Gasteiger partial charge in [0.15, 0.2) is 0 Å². The van der Waals surface area contributed by atoms with Gasteiger partial charge in [-0.25, -0.2) is 4.79 Å². The summed E-state index contributed by atoms with van der Waals surface area (Å²) in [6.45, 7) is 2.02. The third kappa shape index (κ3) is 1.54.